The molecule has 1 N–H and O–H groups in total. The molecular weight excluding hydrogens is 250 g/mol. The average Bonchev–Trinajstić information content (AvgIpc) is 2.89. The Hall–Kier alpha value is -1.75. The quantitative estimate of drug-likeness (QED) is 0.868. The molecule has 20 heavy (non-hydrogen) atoms. The van der Waals surface area contributed by atoms with Gasteiger partial charge < -0.3 is 5.32 Å². The summed E-state index contributed by atoms with van der Waals surface area (Å²) in [6.45, 7) is 0.841. The zero-order valence-electron chi connectivity index (χ0n) is 11.7. The minimum absolute atomic E-state index is 0.640. The molecule has 2 aromatic heterocycles. The fourth-order valence-electron chi connectivity index (χ4n) is 2.83. The van der Waals surface area contributed by atoms with Crippen molar-refractivity contribution in [2.75, 3.05) is 0 Å². The van der Waals surface area contributed by atoms with Crippen LogP contribution >= 0.6 is 0 Å². The molecule has 106 valence electrons. The van der Waals surface area contributed by atoms with Crippen LogP contribution < -0.4 is 5.32 Å². The summed E-state index contributed by atoms with van der Waals surface area (Å²) in [5.41, 5.74) is 1.17. The highest BCUT2D eigenvalue weighted by Gasteiger charge is 2.13. The lowest BCUT2D eigenvalue weighted by atomic mass is 10.1. The van der Waals surface area contributed by atoms with Crippen LogP contribution in [0.4, 0.5) is 0 Å². The maximum Gasteiger partial charge on any atom is 0.159 e. The van der Waals surface area contributed by atoms with Crippen molar-refractivity contribution in [3.63, 3.8) is 0 Å². The molecule has 0 bridgehead atoms. The largest absolute Gasteiger partial charge is 0.310 e. The first-order valence-corrected chi connectivity index (χ1v) is 7.46. The molecule has 1 fully saturated rings. The summed E-state index contributed by atoms with van der Waals surface area (Å²) in [5, 5.41) is 7.85. The second-order valence-corrected chi connectivity index (χ2v) is 5.40. The lowest BCUT2D eigenvalue weighted by molar-refractivity contribution is 0.458. The highest BCUT2D eigenvalue weighted by atomic mass is 15.3. The van der Waals surface area contributed by atoms with Gasteiger partial charge in [-0.2, -0.15) is 5.10 Å². The van der Waals surface area contributed by atoms with E-state index >= 15 is 0 Å². The van der Waals surface area contributed by atoms with Crippen molar-refractivity contribution in [2.45, 2.75) is 51.1 Å². The molecule has 0 radical (unpaired) electrons. The van der Waals surface area contributed by atoms with Crippen molar-refractivity contribution >= 4 is 0 Å². The van der Waals surface area contributed by atoms with Gasteiger partial charge in [0.2, 0.25) is 0 Å². The molecule has 2 aromatic rings. The molecule has 5 heteroatoms. The zero-order chi connectivity index (χ0) is 13.6. The van der Waals surface area contributed by atoms with Gasteiger partial charge in [-0.3, -0.25) is 0 Å². The summed E-state index contributed by atoms with van der Waals surface area (Å²) in [7, 11) is 0. The average molecular weight is 271 g/mol. The molecule has 1 aliphatic rings. The van der Waals surface area contributed by atoms with Crippen LogP contribution in [0.15, 0.2) is 31.0 Å². The van der Waals surface area contributed by atoms with Gasteiger partial charge >= 0.3 is 0 Å². The fourth-order valence-corrected chi connectivity index (χ4v) is 2.83. The van der Waals surface area contributed by atoms with E-state index in [0.29, 0.717) is 6.04 Å². The third-order valence-corrected chi connectivity index (χ3v) is 3.94. The van der Waals surface area contributed by atoms with E-state index in [2.05, 4.69) is 26.4 Å². The van der Waals surface area contributed by atoms with E-state index in [0.717, 1.165) is 12.4 Å². The Morgan fingerprint density at radius 1 is 1.20 bits per heavy atom. The monoisotopic (exact) mass is 271 g/mol. The van der Waals surface area contributed by atoms with Gasteiger partial charge in [0.15, 0.2) is 5.82 Å². The molecule has 3 rings (SSSR count). The van der Waals surface area contributed by atoms with Gasteiger partial charge in [0.25, 0.3) is 0 Å². The van der Waals surface area contributed by atoms with Gasteiger partial charge in [0.1, 0.15) is 12.7 Å². The van der Waals surface area contributed by atoms with Gasteiger partial charge in [-0.15, -0.1) is 0 Å². The van der Waals surface area contributed by atoms with Crippen molar-refractivity contribution in [1.29, 1.82) is 0 Å². The number of rotatable bonds is 4. The fraction of sp³-hybridized carbons (Fsp3) is 0.533. The van der Waals surface area contributed by atoms with E-state index in [4.69, 9.17) is 0 Å². The van der Waals surface area contributed by atoms with E-state index in [1.54, 1.807) is 17.2 Å². The van der Waals surface area contributed by atoms with Crippen molar-refractivity contribution in [2.24, 2.45) is 0 Å². The SMILES string of the molecule is c1cnc(-n2cncn2)c(CNC2CCCCCC2)c1. The molecule has 0 spiro atoms. The highest BCUT2D eigenvalue weighted by Crippen LogP contribution is 2.18. The normalized spacial score (nSPS) is 17.0. The van der Waals surface area contributed by atoms with Crippen LogP contribution in [-0.4, -0.2) is 25.8 Å². The van der Waals surface area contributed by atoms with Crippen molar-refractivity contribution in [1.82, 2.24) is 25.1 Å². The molecule has 0 unspecified atom stereocenters. The predicted molar refractivity (Wildman–Crippen MR) is 77.5 cm³/mol. The second-order valence-electron chi connectivity index (χ2n) is 5.40. The van der Waals surface area contributed by atoms with Crippen LogP contribution in [0.25, 0.3) is 5.82 Å². The molecule has 0 amide bonds. The summed E-state index contributed by atoms with van der Waals surface area (Å²) in [4.78, 5) is 8.42. The van der Waals surface area contributed by atoms with E-state index < -0.39 is 0 Å². The smallest absolute Gasteiger partial charge is 0.159 e. The van der Waals surface area contributed by atoms with Crippen LogP contribution in [0.1, 0.15) is 44.1 Å². The lowest BCUT2D eigenvalue weighted by Gasteiger charge is -2.17. The summed E-state index contributed by atoms with van der Waals surface area (Å²) in [6.07, 6.45) is 13.1. The van der Waals surface area contributed by atoms with Gasteiger partial charge in [-0.05, 0) is 18.9 Å². The van der Waals surface area contributed by atoms with Gasteiger partial charge in [-0.1, -0.05) is 31.7 Å². The maximum absolute atomic E-state index is 4.42. The van der Waals surface area contributed by atoms with E-state index in [-0.39, 0.29) is 0 Å². The molecule has 0 saturated heterocycles. The van der Waals surface area contributed by atoms with Gasteiger partial charge in [-0.25, -0.2) is 14.6 Å². The Morgan fingerprint density at radius 3 is 2.80 bits per heavy atom. The van der Waals surface area contributed by atoms with E-state index in [1.807, 2.05) is 6.07 Å². The van der Waals surface area contributed by atoms with Crippen LogP contribution in [0.2, 0.25) is 0 Å². The first-order valence-electron chi connectivity index (χ1n) is 7.46. The third kappa shape index (κ3) is 3.22. The molecule has 5 nitrogen and oxygen atoms in total. The number of nitrogens with zero attached hydrogens (tertiary/aromatic N) is 4. The van der Waals surface area contributed by atoms with Crippen LogP contribution in [-0.2, 0) is 6.54 Å². The topological polar surface area (TPSA) is 55.6 Å². The lowest BCUT2D eigenvalue weighted by Crippen LogP contribution is -2.28. The number of hydrogen-bond donors (Lipinski definition) is 1. The van der Waals surface area contributed by atoms with Crippen LogP contribution in [0, 0.1) is 0 Å². The second kappa shape index (κ2) is 6.61. The Balaban J connectivity index is 1.68. The Morgan fingerprint density at radius 2 is 2.05 bits per heavy atom. The maximum atomic E-state index is 4.42. The molecular formula is C15H21N5. The predicted octanol–water partition coefficient (Wildman–Crippen LogP) is 2.47. The van der Waals surface area contributed by atoms with Crippen molar-refractivity contribution in [3.8, 4) is 5.82 Å². The Kier molecular flexibility index (Phi) is 4.38. The first kappa shape index (κ1) is 13.2. The minimum Gasteiger partial charge on any atom is -0.310 e. The van der Waals surface area contributed by atoms with Crippen molar-refractivity contribution < 1.29 is 0 Å². The van der Waals surface area contributed by atoms with Crippen LogP contribution in [0.5, 0.6) is 0 Å². The summed E-state index contributed by atoms with van der Waals surface area (Å²) < 4.78 is 1.73. The minimum atomic E-state index is 0.640. The van der Waals surface area contributed by atoms with Crippen molar-refractivity contribution in [3.05, 3.63) is 36.5 Å². The summed E-state index contributed by atoms with van der Waals surface area (Å²) in [5.74, 6) is 0.867. The molecule has 0 aromatic carbocycles. The van der Waals surface area contributed by atoms with Crippen LogP contribution in [0.3, 0.4) is 0 Å². The Bertz CT molecular complexity index is 515. The molecule has 1 saturated carbocycles. The van der Waals surface area contributed by atoms with E-state index in [9.17, 15) is 0 Å². The van der Waals surface area contributed by atoms with Gasteiger partial charge in [0.05, 0.1) is 0 Å². The number of aromatic nitrogens is 4. The molecule has 1 aliphatic carbocycles. The molecule has 2 heterocycles. The third-order valence-electron chi connectivity index (χ3n) is 3.94. The summed E-state index contributed by atoms with van der Waals surface area (Å²) in [6, 6.07) is 4.72. The Labute approximate surface area is 119 Å². The number of nitrogens with one attached hydrogen (secondary N) is 1. The molecule has 0 atom stereocenters. The van der Waals surface area contributed by atoms with Gasteiger partial charge in [0, 0.05) is 24.3 Å². The highest BCUT2D eigenvalue weighted by molar-refractivity contribution is 5.31. The molecule has 0 aliphatic heterocycles. The first-order chi connectivity index (χ1) is 9.93. The number of hydrogen-bond acceptors (Lipinski definition) is 4. The van der Waals surface area contributed by atoms with E-state index in [1.165, 1.54) is 50.4 Å². The zero-order valence-corrected chi connectivity index (χ0v) is 11.7. The summed E-state index contributed by atoms with van der Waals surface area (Å²) >= 11 is 0. The number of pyridine rings is 1. The standard InChI is InChI=1S/C15H21N5/c1-2-4-8-14(7-3-1)18-10-13-6-5-9-17-15(13)20-12-16-11-19-20/h5-6,9,11-12,14,18H,1-4,7-8,10H2.